The molecule has 0 aliphatic carbocycles. The van der Waals surface area contributed by atoms with Crippen LogP contribution < -0.4 is 10.6 Å². The fourth-order valence-corrected chi connectivity index (χ4v) is 2.60. The van der Waals surface area contributed by atoms with Gasteiger partial charge in [0.15, 0.2) is 0 Å². The third-order valence-electron chi connectivity index (χ3n) is 3.37. The maximum Gasteiger partial charge on any atom is 0.315 e. The van der Waals surface area contributed by atoms with E-state index in [4.69, 9.17) is 0 Å². The van der Waals surface area contributed by atoms with E-state index < -0.39 is 6.10 Å². The molecule has 3 atom stereocenters. The number of hydrogen-bond acceptors (Lipinski definition) is 3. The van der Waals surface area contributed by atoms with Gasteiger partial charge in [-0.3, -0.25) is 0 Å². The van der Waals surface area contributed by atoms with E-state index in [2.05, 4.69) is 10.6 Å². The highest BCUT2D eigenvalue weighted by molar-refractivity contribution is 7.10. The Balaban J connectivity index is 2.38. The summed E-state index contributed by atoms with van der Waals surface area (Å²) in [7, 11) is 0. The number of aliphatic hydroxyl groups excluding tert-OH is 1. The summed E-state index contributed by atoms with van der Waals surface area (Å²) in [6, 6.07) is 3.82. The highest BCUT2D eigenvalue weighted by Crippen LogP contribution is 2.21. The van der Waals surface area contributed by atoms with Gasteiger partial charge in [-0.05, 0) is 23.8 Å². The van der Waals surface area contributed by atoms with Crippen LogP contribution in [-0.4, -0.2) is 23.8 Å². The largest absolute Gasteiger partial charge is 0.391 e. The summed E-state index contributed by atoms with van der Waals surface area (Å²) in [5, 5.41) is 17.5. The van der Waals surface area contributed by atoms with Crippen molar-refractivity contribution in [1.29, 1.82) is 0 Å². The predicted octanol–water partition coefficient (Wildman–Crippen LogP) is 2.91. The Kier molecular flexibility index (Phi) is 6.87. The third-order valence-corrected chi connectivity index (χ3v) is 4.36. The van der Waals surface area contributed by atoms with E-state index in [1.54, 1.807) is 11.3 Å². The van der Waals surface area contributed by atoms with Gasteiger partial charge in [0.05, 0.1) is 12.1 Å². The number of nitrogens with one attached hydrogen (secondary N) is 2. The standard InChI is InChI=1S/C14H24N2O2S/c1-4-10(3)12(17)9-15-14(18)16-11(5-2)13-7-6-8-19-13/h6-8,10-12,17H,4-5,9H2,1-3H3,(H2,15,16,18). The maximum atomic E-state index is 11.8. The van der Waals surface area contributed by atoms with E-state index in [1.807, 2.05) is 38.3 Å². The second-order valence-corrected chi connectivity index (χ2v) is 5.76. The lowest BCUT2D eigenvalue weighted by atomic mass is 10.0. The van der Waals surface area contributed by atoms with Gasteiger partial charge in [-0.15, -0.1) is 11.3 Å². The Morgan fingerprint density at radius 3 is 2.68 bits per heavy atom. The van der Waals surface area contributed by atoms with Gasteiger partial charge in [-0.25, -0.2) is 4.79 Å². The first-order valence-electron chi connectivity index (χ1n) is 6.84. The maximum absolute atomic E-state index is 11.8. The number of amides is 2. The molecule has 3 unspecified atom stereocenters. The second kappa shape index (κ2) is 8.17. The Bertz CT molecular complexity index is 368. The highest BCUT2D eigenvalue weighted by atomic mass is 32.1. The molecule has 0 spiro atoms. The molecule has 2 amide bonds. The molecule has 108 valence electrons. The molecule has 0 bridgehead atoms. The van der Waals surface area contributed by atoms with E-state index in [0.29, 0.717) is 6.54 Å². The van der Waals surface area contributed by atoms with Crippen molar-refractivity contribution in [1.82, 2.24) is 10.6 Å². The molecule has 1 aromatic heterocycles. The first-order chi connectivity index (χ1) is 9.08. The molecule has 0 radical (unpaired) electrons. The number of aliphatic hydroxyl groups is 1. The smallest absolute Gasteiger partial charge is 0.315 e. The molecular formula is C14H24N2O2S. The summed E-state index contributed by atoms with van der Waals surface area (Å²) in [6.07, 6.45) is 1.26. The number of hydrogen-bond donors (Lipinski definition) is 3. The van der Waals surface area contributed by atoms with Gasteiger partial charge >= 0.3 is 6.03 Å². The summed E-state index contributed by atoms with van der Waals surface area (Å²) >= 11 is 1.64. The number of urea groups is 1. The van der Waals surface area contributed by atoms with Gasteiger partial charge in [0.1, 0.15) is 0 Å². The molecule has 0 fully saturated rings. The van der Waals surface area contributed by atoms with Crippen LogP contribution in [0.25, 0.3) is 0 Å². The number of carbonyl (C=O) groups is 1. The van der Waals surface area contributed by atoms with Gasteiger partial charge < -0.3 is 15.7 Å². The van der Waals surface area contributed by atoms with Crippen molar-refractivity contribution >= 4 is 17.4 Å². The molecule has 1 rings (SSSR count). The van der Waals surface area contributed by atoms with Crippen LogP contribution in [0.3, 0.4) is 0 Å². The molecule has 1 aromatic rings. The molecule has 0 saturated heterocycles. The van der Waals surface area contributed by atoms with E-state index in [-0.39, 0.29) is 18.0 Å². The van der Waals surface area contributed by atoms with Crippen LogP contribution in [0, 0.1) is 5.92 Å². The van der Waals surface area contributed by atoms with Crippen LogP contribution in [0.1, 0.15) is 44.5 Å². The van der Waals surface area contributed by atoms with E-state index in [9.17, 15) is 9.90 Å². The minimum absolute atomic E-state index is 0.0424. The van der Waals surface area contributed by atoms with Crippen molar-refractivity contribution in [2.45, 2.75) is 45.8 Å². The first kappa shape index (κ1) is 16.0. The van der Waals surface area contributed by atoms with E-state index in [1.165, 1.54) is 0 Å². The zero-order chi connectivity index (χ0) is 14.3. The van der Waals surface area contributed by atoms with Crippen molar-refractivity contribution in [3.63, 3.8) is 0 Å². The molecule has 4 nitrogen and oxygen atoms in total. The van der Waals surface area contributed by atoms with Gasteiger partial charge in [-0.2, -0.15) is 0 Å². The van der Waals surface area contributed by atoms with Crippen molar-refractivity contribution < 1.29 is 9.90 Å². The minimum atomic E-state index is -0.488. The van der Waals surface area contributed by atoms with Gasteiger partial charge in [-0.1, -0.05) is 33.3 Å². The van der Waals surface area contributed by atoms with Crippen LogP contribution in [0.5, 0.6) is 0 Å². The Morgan fingerprint density at radius 2 is 2.16 bits per heavy atom. The average molecular weight is 284 g/mol. The second-order valence-electron chi connectivity index (χ2n) is 4.78. The van der Waals surface area contributed by atoms with Crippen molar-refractivity contribution in [3.05, 3.63) is 22.4 Å². The van der Waals surface area contributed by atoms with Crippen LogP contribution >= 0.6 is 11.3 Å². The Morgan fingerprint density at radius 1 is 1.42 bits per heavy atom. The van der Waals surface area contributed by atoms with Crippen molar-refractivity contribution in [2.24, 2.45) is 5.92 Å². The lowest BCUT2D eigenvalue weighted by Crippen LogP contribution is -2.42. The predicted molar refractivity (Wildman–Crippen MR) is 79.3 cm³/mol. The molecule has 5 heteroatoms. The molecular weight excluding hydrogens is 260 g/mol. The normalized spacial score (nSPS) is 15.6. The van der Waals surface area contributed by atoms with Gasteiger partial charge in [0.2, 0.25) is 0 Å². The van der Waals surface area contributed by atoms with Crippen LogP contribution in [0.4, 0.5) is 4.79 Å². The average Bonchev–Trinajstić information content (AvgIpc) is 2.95. The van der Waals surface area contributed by atoms with E-state index >= 15 is 0 Å². The van der Waals surface area contributed by atoms with Crippen molar-refractivity contribution in [3.8, 4) is 0 Å². The fraction of sp³-hybridized carbons (Fsp3) is 0.643. The van der Waals surface area contributed by atoms with Crippen LogP contribution in [0.15, 0.2) is 17.5 Å². The van der Waals surface area contributed by atoms with Gasteiger partial charge in [0.25, 0.3) is 0 Å². The fourth-order valence-electron chi connectivity index (χ4n) is 1.74. The topological polar surface area (TPSA) is 61.4 Å². The summed E-state index contributed by atoms with van der Waals surface area (Å²) in [5.41, 5.74) is 0. The highest BCUT2D eigenvalue weighted by Gasteiger charge is 2.16. The minimum Gasteiger partial charge on any atom is -0.391 e. The molecule has 0 aliphatic heterocycles. The Hall–Kier alpha value is -1.07. The Labute approximate surface area is 119 Å². The first-order valence-corrected chi connectivity index (χ1v) is 7.72. The summed E-state index contributed by atoms with van der Waals surface area (Å²) < 4.78 is 0. The third kappa shape index (κ3) is 5.20. The monoisotopic (exact) mass is 284 g/mol. The molecule has 0 aromatic carbocycles. The number of carbonyl (C=O) groups excluding carboxylic acids is 1. The molecule has 1 heterocycles. The summed E-state index contributed by atoms with van der Waals surface area (Å²) in [6.45, 7) is 6.34. The molecule has 0 saturated carbocycles. The molecule has 0 aliphatic rings. The summed E-state index contributed by atoms with van der Waals surface area (Å²) in [5.74, 6) is 0.194. The summed E-state index contributed by atoms with van der Waals surface area (Å²) in [4.78, 5) is 12.9. The molecule has 3 N–H and O–H groups in total. The SMILES string of the molecule is CCC(NC(=O)NCC(O)C(C)CC)c1cccs1. The quantitative estimate of drug-likeness (QED) is 0.721. The lowest BCUT2D eigenvalue weighted by molar-refractivity contribution is 0.114. The number of rotatable bonds is 7. The zero-order valence-corrected chi connectivity index (χ0v) is 12.7. The van der Waals surface area contributed by atoms with Crippen LogP contribution in [-0.2, 0) is 0 Å². The van der Waals surface area contributed by atoms with Gasteiger partial charge in [0, 0.05) is 11.4 Å². The lowest BCUT2D eigenvalue weighted by Gasteiger charge is -2.20. The zero-order valence-electron chi connectivity index (χ0n) is 11.8. The van der Waals surface area contributed by atoms with Crippen LogP contribution in [0.2, 0.25) is 0 Å². The number of thiophene rings is 1. The molecule has 19 heavy (non-hydrogen) atoms. The van der Waals surface area contributed by atoms with Crippen molar-refractivity contribution in [2.75, 3.05) is 6.54 Å². The van der Waals surface area contributed by atoms with E-state index in [0.717, 1.165) is 17.7 Å².